The highest BCUT2D eigenvalue weighted by Crippen LogP contribution is 2.18. The second-order valence-corrected chi connectivity index (χ2v) is 7.23. The van der Waals surface area contributed by atoms with Gasteiger partial charge in [-0.05, 0) is 43.4 Å². The van der Waals surface area contributed by atoms with Crippen molar-refractivity contribution in [2.45, 2.75) is 33.2 Å². The van der Waals surface area contributed by atoms with Crippen LogP contribution < -0.4 is 0 Å². The monoisotopic (exact) mass is 365 g/mol. The standard InChI is InChI=1S/C22H27N3O2/c1-3-24(16-18-9-5-4-6-10-18)22(27)20-14-19(11-12-23-20)21(26)25-13-7-8-17(2)15-25/h4-6,9-12,14,17H,3,7-8,13,15-16H2,1-2H3. The molecule has 0 aliphatic carbocycles. The van der Waals surface area contributed by atoms with Gasteiger partial charge in [0.25, 0.3) is 11.8 Å². The summed E-state index contributed by atoms with van der Waals surface area (Å²) < 4.78 is 0. The van der Waals surface area contributed by atoms with E-state index in [0.717, 1.165) is 31.5 Å². The fourth-order valence-corrected chi connectivity index (χ4v) is 3.53. The number of amides is 2. The Morgan fingerprint density at radius 1 is 1.22 bits per heavy atom. The highest BCUT2D eigenvalue weighted by molar-refractivity contribution is 5.98. The first kappa shape index (κ1) is 19.1. The maximum absolute atomic E-state index is 12.9. The molecule has 27 heavy (non-hydrogen) atoms. The van der Waals surface area contributed by atoms with Crippen molar-refractivity contribution in [3.63, 3.8) is 0 Å². The van der Waals surface area contributed by atoms with E-state index in [4.69, 9.17) is 0 Å². The van der Waals surface area contributed by atoms with Crippen LogP contribution in [0.25, 0.3) is 0 Å². The summed E-state index contributed by atoms with van der Waals surface area (Å²) in [4.78, 5) is 33.6. The van der Waals surface area contributed by atoms with Crippen LogP contribution in [0.15, 0.2) is 48.7 Å². The average Bonchev–Trinajstić information content (AvgIpc) is 2.72. The van der Waals surface area contributed by atoms with Crippen molar-refractivity contribution in [3.05, 3.63) is 65.5 Å². The fourth-order valence-electron chi connectivity index (χ4n) is 3.53. The normalized spacial score (nSPS) is 16.8. The minimum atomic E-state index is -0.150. The molecule has 1 atom stereocenters. The lowest BCUT2D eigenvalue weighted by Gasteiger charge is -2.31. The molecule has 3 rings (SSSR count). The van der Waals surface area contributed by atoms with Crippen LogP contribution in [0.4, 0.5) is 0 Å². The highest BCUT2D eigenvalue weighted by atomic mass is 16.2. The number of piperidine rings is 1. The number of carbonyl (C=O) groups is 2. The molecule has 5 heteroatoms. The summed E-state index contributed by atoms with van der Waals surface area (Å²) >= 11 is 0. The molecule has 1 aromatic carbocycles. The minimum Gasteiger partial charge on any atom is -0.338 e. The van der Waals surface area contributed by atoms with E-state index in [0.29, 0.717) is 30.3 Å². The van der Waals surface area contributed by atoms with Gasteiger partial charge in [-0.2, -0.15) is 0 Å². The maximum atomic E-state index is 12.9. The summed E-state index contributed by atoms with van der Waals surface area (Å²) in [7, 11) is 0. The third-order valence-corrected chi connectivity index (χ3v) is 5.06. The number of pyridine rings is 1. The Morgan fingerprint density at radius 3 is 2.70 bits per heavy atom. The molecule has 0 spiro atoms. The molecule has 1 aliphatic rings. The predicted molar refractivity (Wildman–Crippen MR) is 105 cm³/mol. The van der Waals surface area contributed by atoms with Crippen molar-refractivity contribution in [2.24, 2.45) is 5.92 Å². The van der Waals surface area contributed by atoms with Crippen LogP contribution in [0.2, 0.25) is 0 Å². The molecule has 0 saturated carbocycles. The van der Waals surface area contributed by atoms with Crippen LogP contribution in [-0.2, 0) is 6.54 Å². The van der Waals surface area contributed by atoms with Crippen molar-refractivity contribution in [2.75, 3.05) is 19.6 Å². The first-order valence-corrected chi connectivity index (χ1v) is 9.67. The van der Waals surface area contributed by atoms with E-state index >= 15 is 0 Å². The van der Waals surface area contributed by atoms with Crippen molar-refractivity contribution in [1.29, 1.82) is 0 Å². The van der Waals surface area contributed by atoms with E-state index in [-0.39, 0.29) is 11.8 Å². The molecule has 2 aromatic rings. The smallest absolute Gasteiger partial charge is 0.272 e. The molecule has 142 valence electrons. The van der Waals surface area contributed by atoms with Gasteiger partial charge in [0, 0.05) is 37.9 Å². The molecule has 5 nitrogen and oxygen atoms in total. The zero-order valence-electron chi connectivity index (χ0n) is 16.1. The molecule has 1 aliphatic heterocycles. The van der Waals surface area contributed by atoms with E-state index in [1.807, 2.05) is 42.2 Å². The zero-order valence-corrected chi connectivity index (χ0v) is 16.1. The van der Waals surface area contributed by atoms with Gasteiger partial charge in [0.05, 0.1) is 0 Å². The summed E-state index contributed by atoms with van der Waals surface area (Å²) in [5.74, 6) is 0.360. The van der Waals surface area contributed by atoms with E-state index in [2.05, 4.69) is 11.9 Å². The second-order valence-electron chi connectivity index (χ2n) is 7.23. The van der Waals surface area contributed by atoms with Crippen molar-refractivity contribution in [3.8, 4) is 0 Å². The van der Waals surface area contributed by atoms with Gasteiger partial charge in [-0.15, -0.1) is 0 Å². The number of hydrogen-bond acceptors (Lipinski definition) is 3. The van der Waals surface area contributed by atoms with Gasteiger partial charge >= 0.3 is 0 Å². The molecule has 1 aromatic heterocycles. The second kappa shape index (κ2) is 8.80. The van der Waals surface area contributed by atoms with Gasteiger partial charge in [-0.1, -0.05) is 37.3 Å². The number of nitrogens with zero attached hydrogens (tertiary/aromatic N) is 3. The SMILES string of the molecule is CCN(Cc1ccccc1)C(=O)c1cc(C(=O)N2CCCC(C)C2)ccn1. The molecular formula is C22H27N3O2. The largest absolute Gasteiger partial charge is 0.338 e. The Hall–Kier alpha value is -2.69. The Labute approximate surface area is 161 Å². The summed E-state index contributed by atoms with van der Waals surface area (Å²) in [6, 6.07) is 13.2. The molecule has 2 amide bonds. The summed E-state index contributed by atoms with van der Waals surface area (Å²) in [6.45, 7) is 6.79. The molecule has 1 saturated heterocycles. The van der Waals surface area contributed by atoms with E-state index in [1.165, 1.54) is 0 Å². The predicted octanol–water partition coefficient (Wildman–Crippen LogP) is 3.62. The number of carbonyl (C=O) groups excluding carboxylic acids is 2. The van der Waals surface area contributed by atoms with Crippen LogP contribution in [-0.4, -0.2) is 46.2 Å². The van der Waals surface area contributed by atoms with Gasteiger partial charge in [0.2, 0.25) is 0 Å². The van der Waals surface area contributed by atoms with Crippen molar-refractivity contribution >= 4 is 11.8 Å². The van der Waals surface area contributed by atoms with Crippen molar-refractivity contribution < 1.29 is 9.59 Å². The first-order valence-electron chi connectivity index (χ1n) is 9.67. The number of likely N-dealkylation sites (tertiary alicyclic amines) is 1. The molecule has 2 heterocycles. The molecular weight excluding hydrogens is 338 g/mol. The molecule has 0 radical (unpaired) electrons. The Balaban J connectivity index is 1.75. The Morgan fingerprint density at radius 2 is 2.00 bits per heavy atom. The van der Waals surface area contributed by atoms with Crippen molar-refractivity contribution in [1.82, 2.24) is 14.8 Å². The highest BCUT2D eigenvalue weighted by Gasteiger charge is 2.23. The van der Waals surface area contributed by atoms with Crippen LogP contribution in [0.1, 0.15) is 53.1 Å². The number of aromatic nitrogens is 1. The average molecular weight is 365 g/mol. The third-order valence-electron chi connectivity index (χ3n) is 5.06. The van der Waals surface area contributed by atoms with Crippen LogP contribution >= 0.6 is 0 Å². The minimum absolute atomic E-state index is 0.0101. The van der Waals surface area contributed by atoms with E-state index in [1.54, 1.807) is 23.2 Å². The van der Waals surface area contributed by atoms with Crippen LogP contribution in [0.5, 0.6) is 0 Å². The Bertz CT molecular complexity index is 791. The maximum Gasteiger partial charge on any atom is 0.272 e. The first-order chi connectivity index (χ1) is 13.1. The van der Waals surface area contributed by atoms with Gasteiger partial charge in [-0.25, -0.2) is 0 Å². The lowest BCUT2D eigenvalue weighted by molar-refractivity contribution is 0.0682. The van der Waals surface area contributed by atoms with E-state index in [9.17, 15) is 9.59 Å². The summed E-state index contributed by atoms with van der Waals surface area (Å²) in [5, 5.41) is 0. The fraction of sp³-hybridized carbons (Fsp3) is 0.409. The number of benzene rings is 1. The lowest BCUT2D eigenvalue weighted by Crippen LogP contribution is -2.39. The lowest BCUT2D eigenvalue weighted by atomic mass is 9.99. The third kappa shape index (κ3) is 4.73. The quantitative estimate of drug-likeness (QED) is 0.813. The molecule has 1 fully saturated rings. The molecule has 0 bridgehead atoms. The van der Waals surface area contributed by atoms with Gasteiger partial charge < -0.3 is 9.80 Å². The van der Waals surface area contributed by atoms with Gasteiger partial charge in [0.1, 0.15) is 5.69 Å². The zero-order chi connectivity index (χ0) is 19.2. The molecule has 1 unspecified atom stereocenters. The van der Waals surface area contributed by atoms with E-state index < -0.39 is 0 Å². The topological polar surface area (TPSA) is 53.5 Å². The van der Waals surface area contributed by atoms with Gasteiger partial charge in [0.15, 0.2) is 0 Å². The number of rotatable bonds is 5. The van der Waals surface area contributed by atoms with Gasteiger partial charge in [-0.3, -0.25) is 14.6 Å². The summed E-state index contributed by atoms with van der Waals surface area (Å²) in [6.07, 6.45) is 3.75. The number of hydrogen-bond donors (Lipinski definition) is 0. The van der Waals surface area contributed by atoms with Crippen LogP contribution in [0, 0.1) is 5.92 Å². The molecule has 0 N–H and O–H groups in total. The van der Waals surface area contributed by atoms with Crippen LogP contribution in [0.3, 0.4) is 0 Å². The summed E-state index contributed by atoms with van der Waals surface area (Å²) in [5.41, 5.74) is 1.93. The Kier molecular flexibility index (Phi) is 6.22.